The summed E-state index contributed by atoms with van der Waals surface area (Å²) < 4.78 is 37.3. The summed E-state index contributed by atoms with van der Waals surface area (Å²) in [6.45, 7) is 4.97. The average molecular weight is 302 g/mol. The number of benzene rings is 1. The van der Waals surface area contributed by atoms with Crippen LogP contribution in [-0.4, -0.2) is 26.6 Å². The van der Waals surface area contributed by atoms with E-state index >= 15 is 0 Å². The van der Waals surface area contributed by atoms with Crippen LogP contribution in [0.5, 0.6) is 0 Å². The molecule has 2 N–H and O–H groups in total. The molecule has 20 heavy (non-hydrogen) atoms. The first-order valence-corrected chi connectivity index (χ1v) is 7.96. The van der Waals surface area contributed by atoms with Crippen molar-refractivity contribution in [1.82, 2.24) is 10.0 Å². The standard InChI is InChI=1S/C13H19FN2O3S/c1-9(16-20(4,18)19)12(17)15-13(2,3)10-5-7-11(14)8-6-10/h5-9,16H,1-4H3,(H,15,17). The number of hydrogen-bond acceptors (Lipinski definition) is 3. The molecular weight excluding hydrogens is 283 g/mol. The highest BCUT2D eigenvalue weighted by molar-refractivity contribution is 7.88. The Morgan fingerprint density at radius 2 is 1.75 bits per heavy atom. The zero-order valence-electron chi connectivity index (χ0n) is 11.9. The number of halogens is 1. The van der Waals surface area contributed by atoms with E-state index in [0.29, 0.717) is 0 Å². The second-order valence-corrected chi connectivity index (χ2v) is 7.01. The second kappa shape index (κ2) is 5.88. The zero-order chi connectivity index (χ0) is 15.6. The molecule has 1 atom stereocenters. The van der Waals surface area contributed by atoms with Crippen LogP contribution >= 0.6 is 0 Å². The molecule has 0 aromatic heterocycles. The third kappa shape index (κ3) is 4.90. The van der Waals surface area contributed by atoms with E-state index in [4.69, 9.17) is 0 Å². The van der Waals surface area contributed by atoms with Gasteiger partial charge in [0.05, 0.1) is 17.8 Å². The van der Waals surface area contributed by atoms with Gasteiger partial charge in [-0.3, -0.25) is 4.79 Å². The molecule has 0 fully saturated rings. The molecule has 0 aliphatic carbocycles. The van der Waals surface area contributed by atoms with E-state index in [1.165, 1.54) is 19.1 Å². The van der Waals surface area contributed by atoms with Gasteiger partial charge in [0.1, 0.15) is 5.82 Å². The van der Waals surface area contributed by atoms with Crippen LogP contribution in [0.25, 0.3) is 0 Å². The highest BCUT2D eigenvalue weighted by Gasteiger charge is 2.26. The van der Waals surface area contributed by atoms with Gasteiger partial charge in [-0.1, -0.05) is 12.1 Å². The Labute approximate surface area is 118 Å². The first-order chi connectivity index (χ1) is 9.01. The van der Waals surface area contributed by atoms with Gasteiger partial charge in [0.25, 0.3) is 0 Å². The minimum Gasteiger partial charge on any atom is -0.346 e. The van der Waals surface area contributed by atoms with Gasteiger partial charge < -0.3 is 5.32 Å². The van der Waals surface area contributed by atoms with E-state index in [2.05, 4.69) is 10.0 Å². The molecule has 0 aliphatic rings. The Morgan fingerprint density at radius 1 is 1.25 bits per heavy atom. The number of nitrogens with one attached hydrogen (secondary N) is 2. The summed E-state index contributed by atoms with van der Waals surface area (Å²) in [5, 5.41) is 2.73. The molecule has 112 valence electrons. The van der Waals surface area contributed by atoms with Crippen molar-refractivity contribution in [3.63, 3.8) is 0 Å². The molecule has 0 bridgehead atoms. The molecule has 5 nitrogen and oxygen atoms in total. The summed E-state index contributed by atoms with van der Waals surface area (Å²) in [4.78, 5) is 12.0. The van der Waals surface area contributed by atoms with Gasteiger partial charge in [0.2, 0.25) is 15.9 Å². The SMILES string of the molecule is CC(NS(C)(=O)=O)C(=O)NC(C)(C)c1ccc(F)cc1. The van der Waals surface area contributed by atoms with Crippen LogP contribution in [0.4, 0.5) is 4.39 Å². The van der Waals surface area contributed by atoms with Gasteiger partial charge in [0.15, 0.2) is 0 Å². The summed E-state index contributed by atoms with van der Waals surface area (Å²) >= 11 is 0. The summed E-state index contributed by atoms with van der Waals surface area (Å²) in [6, 6.07) is 4.88. The number of rotatable bonds is 5. The van der Waals surface area contributed by atoms with Crippen molar-refractivity contribution in [2.24, 2.45) is 0 Å². The summed E-state index contributed by atoms with van der Waals surface area (Å²) in [6.07, 6.45) is 0.988. The molecule has 1 amide bonds. The Kier molecular flexibility index (Phi) is 4.88. The van der Waals surface area contributed by atoms with Crippen molar-refractivity contribution >= 4 is 15.9 Å². The maximum atomic E-state index is 12.9. The Bertz CT molecular complexity index is 582. The first kappa shape index (κ1) is 16.6. The summed E-state index contributed by atoms with van der Waals surface area (Å²) in [5.74, 6) is -0.812. The molecule has 0 radical (unpaired) electrons. The van der Waals surface area contributed by atoms with Crippen molar-refractivity contribution < 1.29 is 17.6 Å². The highest BCUT2D eigenvalue weighted by Crippen LogP contribution is 2.20. The molecule has 1 rings (SSSR count). The fourth-order valence-electron chi connectivity index (χ4n) is 1.73. The lowest BCUT2D eigenvalue weighted by Gasteiger charge is -2.28. The summed E-state index contributed by atoms with van der Waals surface area (Å²) in [7, 11) is -3.45. The maximum Gasteiger partial charge on any atom is 0.238 e. The van der Waals surface area contributed by atoms with Crippen LogP contribution in [0.1, 0.15) is 26.3 Å². The van der Waals surface area contributed by atoms with E-state index in [1.54, 1.807) is 26.0 Å². The van der Waals surface area contributed by atoms with E-state index in [9.17, 15) is 17.6 Å². The minimum atomic E-state index is -3.45. The molecule has 7 heteroatoms. The molecule has 1 aromatic rings. The quantitative estimate of drug-likeness (QED) is 0.855. The van der Waals surface area contributed by atoms with Crippen LogP contribution < -0.4 is 10.0 Å². The van der Waals surface area contributed by atoms with Crippen LogP contribution in [0.3, 0.4) is 0 Å². The van der Waals surface area contributed by atoms with Gasteiger partial charge in [-0.2, -0.15) is 0 Å². The molecule has 0 aliphatic heterocycles. The van der Waals surface area contributed by atoms with Gasteiger partial charge in [-0.25, -0.2) is 17.5 Å². The number of carbonyl (C=O) groups is 1. The lowest BCUT2D eigenvalue weighted by molar-refractivity contribution is -0.124. The third-order valence-electron chi connectivity index (χ3n) is 2.79. The Morgan fingerprint density at radius 3 is 2.20 bits per heavy atom. The highest BCUT2D eigenvalue weighted by atomic mass is 32.2. The van der Waals surface area contributed by atoms with Crippen LogP contribution in [-0.2, 0) is 20.4 Å². The fraction of sp³-hybridized carbons (Fsp3) is 0.462. The molecule has 0 saturated carbocycles. The Hall–Kier alpha value is -1.47. The first-order valence-electron chi connectivity index (χ1n) is 6.06. The summed E-state index contributed by atoms with van der Waals surface area (Å²) in [5.41, 5.74) is -0.0168. The number of amides is 1. The largest absolute Gasteiger partial charge is 0.346 e. The minimum absolute atomic E-state index is 0.358. The van der Waals surface area contributed by atoms with Crippen molar-refractivity contribution in [2.45, 2.75) is 32.4 Å². The van der Waals surface area contributed by atoms with Gasteiger partial charge in [-0.05, 0) is 38.5 Å². The number of carbonyl (C=O) groups excluding carboxylic acids is 1. The van der Waals surface area contributed by atoms with E-state index in [1.807, 2.05) is 0 Å². The van der Waals surface area contributed by atoms with Crippen molar-refractivity contribution in [1.29, 1.82) is 0 Å². The fourth-order valence-corrected chi connectivity index (χ4v) is 2.48. The van der Waals surface area contributed by atoms with Crippen LogP contribution in [0, 0.1) is 5.82 Å². The molecule has 0 saturated heterocycles. The average Bonchev–Trinajstić information content (AvgIpc) is 2.26. The van der Waals surface area contributed by atoms with Gasteiger partial charge >= 0.3 is 0 Å². The van der Waals surface area contributed by atoms with E-state index in [-0.39, 0.29) is 5.82 Å². The second-order valence-electron chi connectivity index (χ2n) is 5.23. The zero-order valence-corrected chi connectivity index (χ0v) is 12.7. The lowest BCUT2D eigenvalue weighted by Crippen LogP contribution is -2.50. The monoisotopic (exact) mass is 302 g/mol. The molecular formula is C13H19FN2O3S. The molecule has 1 unspecified atom stereocenters. The van der Waals surface area contributed by atoms with Crippen molar-refractivity contribution in [3.05, 3.63) is 35.6 Å². The van der Waals surface area contributed by atoms with Gasteiger partial charge in [0, 0.05) is 0 Å². The molecule has 0 spiro atoms. The van der Waals surface area contributed by atoms with Crippen molar-refractivity contribution in [2.75, 3.05) is 6.26 Å². The lowest BCUT2D eigenvalue weighted by atomic mass is 9.94. The Balaban J connectivity index is 2.80. The number of sulfonamides is 1. The topological polar surface area (TPSA) is 75.3 Å². The normalized spacial score (nSPS) is 13.8. The predicted octanol–water partition coefficient (Wildman–Crippen LogP) is 1.11. The van der Waals surface area contributed by atoms with E-state index < -0.39 is 27.5 Å². The van der Waals surface area contributed by atoms with E-state index in [0.717, 1.165) is 11.8 Å². The molecule has 0 heterocycles. The number of hydrogen-bond donors (Lipinski definition) is 2. The van der Waals surface area contributed by atoms with Crippen LogP contribution in [0.15, 0.2) is 24.3 Å². The predicted molar refractivity (Wildman–Crippen MR) is 75.0 cm³/mol. The third-order valence-corrected chi connectivity index (χ3v) is 3.57. The maximum absolute atomic E-state index is 12.9. The van der Waals surface area contributed by atoms with Crippen LogP contribution in [0.2, 0.25) is 0 Å². The van der Waals surface area contributed by atoms with Crippen molar-refractivity contribution in [3.8, 4) is 0 Å². The molecule has 1 aromatic carbocycles. The van der Waals surface area contributed by atoms with Gasteiger partial charge in [-0.15, -0.1) is 0 Å². The smallest absolute Gasteiger partial charge is 0.238 e.